The van der Waals surface area contributed by atoms with Crippen molar-refractivity contribution in [1.82, 2.24) is 0 Å². The van der Waals surface area contributed by atoms with E-state index in [9.17, 15) is 9.90 Å². The summed E-state index contributed by atoms with van der Waals surface area (Å²) in [6.07, 6.45) is 0.580. The standard InChI is InChI=1S/C13H10N2O2/c16-9-10-8-12(6-7-13(10)17)15-14-11-4-2-1-3-5-11/h1-9,17H. The van der Waals surface area contributed by atoms with Crippen LogP contribution in [0.3, 0.4) is 0 Å². The summed E-state index contributed by atoms with van der Waals surface area (Å²) in [6, 6.07) is 13.8. The van der Waals surface area contributed by atoms with Gasteiger partial charge in [0, 0.05) is 0 Å². The number of rotatable bonds is 3. The van der Waals surface area contributed by atoms with Gasteiger partial charge in [0.2, 0.25) is 0 Å². The van der Waals surface area contributed by atoms with Crippen molar-refractivity contribution in [3.05, 3.63) is 54.1 Å². The van der Waals surface area contributed by atoms with Crippen LogP contribution in [0.25, 0.3) is 0 Å². The Morgan fingerprint density at radius 3 is 2.35 bits per heavy atom. The van der Waals surface area contributed by atoms with Gasteiger partial charge < -0.3 is 5.11 Å². The summed E-state index contributed by atoms with van der Waals surface area (Å²) in [7, 11) is 0. The van der Waals surface area contributed by atoms with Gasteiger partial charge in [0.15, 0.2) is 6.29 Å². The molecule has 0 aromatic heterocycles. The molecule has 0 spiro atoms. The minimum atomic E-state index is -0.0568. The molecule has 0 saturated carbocycles. The highest BCUT2D eigenvalue weighted by molar-refractivity contribution is 5.80. The van der Waals surface area contributed by atoms with E-state index in [-0.39, 0.29) is 11.3 Å². The first-order chi connectivity index (χ1) is 8.29. The second-order valence-electron chi connectivity index (χ2n) is 3.40. The molecule has 84 valence electrons. The van der Waals surface area contributed by atoms with Crippen molar-refractivity contribution in [1.29, 1.82) is 0 Å². The van der Waals surface area contributed by atoms with E-state index in [2.05, 4.69) is 10.2 Å². The molecule has 4 nitrogen and oxygen atoms in total. The average molecular weight is 226 g/mol. The second-order valence-corrected chi connectivity index (χ2v) is 3.40. The minimum absolute atomic E-state index is 0.0568. The zero-order valence-corrected chi connectivity index (χ0v) is 8.95. The molecule has 0 aliphatic rings. The molecule has 2 rings (SSSR count). The van der Waals surface area contributed by atoms with E-state index in [1.54, 1.807) is 6.07 Å². The largest absolute Gasteiger partial charge is 0.507 e. The fraction of sp³-hybridized carbons (Fsp3) is 0. The summed E-state index contributed by atoms with van der Waals surface area (Å²) >= 11 is 0. The van der Waals surface area contributed by atoms with E-state index in [1.165, 1.54) is 12.1 Å². The predicted molar refractivity (Wildman–Crippen MR) is 64.1 cm³/mol. The van der Waals surface area contributed by atoms with E-state index >= 15 is 0 Å². The Hall–Kier alpha value is -2.49. The highest BCUT2D eigenvalue weighted by atomic mass is 16.3. The van der Waals surface area contributed by atoms with E-state index < -0.39 is 0 Å². The Bertz CT molecular complexity index is 551. The number of nitrogens with zero attached hydrogens (tertiary/aromatic N) is 2. The van der Waals surface area contributed by atoms with Gasteiger partial charge in [-0.05, 0) is 30.3 Å². The van der Waals surface area contributed by atoms with Crippen LogP contribution in [-0.4, -0.2) is 11.4 Å². The normalized spacial score (nSPS) is 10.6. The van der Waals surface area contributed by atoms with Crippen molar-refractivity contribution in [2.75, 3.05) is 0 Å². The number of azo groups is 1. The van der Waals surface area contributed by atoms with Crippen molar-refractivity contribution in [3.8, 4) is 5.75 Å². The third kappa shape index (κ3) is 2.75. The van der Waals surface area contributed by atoms with Crippen molar-refractivity contribution in [2.45, 2.75) is 0 Å². The third-order valence-corrected chi connectivity index (χ3v) is 2.18. The van der Waals surface area contributed by atoms with Gasteiger partial charge in [0.1, 0.15) is 5.75 Å². The Balaban J connectivity index is 2.25. The van der Waals surface area contributed by atoms with Gasteiger partial charge in [-0.25, -0.2) is 0 Å². The van der Waals surface area contributed by atoms with Gasteiger partial charge in [-0.3, -0.25) is 4.79 Å². The molecular weight excluding hydrogens is 216 g/mol. The van der Waals surface area contributed by atoms with E-state index in [0.717, 1.165) is 5.69 Å². The Morgan fingerprint density at radius 2 is 1.65 bits per heavy atom. The van der Waals surface area contributed by atoms with Crippen LogP contribution in [0.4, 0.5) is 11.4 Å². The van der Waals surface area contributed by atoms with Crippen LogP contribution in [-0.2, 0) is 0 Å². The first kappa shape index (κ1) is 11.0. The number of hydrogen-bond acceptors (Lipinski definition) is 4. The monoisotopic (exact) mass is 226 g/mol. The smallest absolute Gasteiger partial charge is 0.153 e. The van der Waals surface area contributed by atoms with Crippen molar-refractivity contribution < 1.29 is 9.90 Å². The lowest BCUT2D eigenvalue weighted by molar-refractivity contribution is 0.112. The number of aldehydes is 1. The number of phenolic OH excluding ortho intramolecular Hbond substituents is 1. The van der Waals surface area contributed by atoms with Gasteiger partial charge in [-0.2, -0.15) is 10.2 Å². The highest BCUT2D eigenvalue weighted by Crippen LogP contribution is 2.23. The summed E-state index contributed by atoms with van der Waals surface area (Å²) in [5.74, 6) is -0.0568. The van der Waals surface area contributed by atoms with Crippen molar-refractivity contribution >= 4 is 17.7 Å². The van der Waals surface area contributed by atoms with Crippen molar-refractivity contribution in [3.63, 3.8) is 0 Å². The molecule has 0 heterocycles. The molecule has 0 aliphatic heterocycles. The summed E-state index contributed by atoms with van der Waals surface area (Å²) < 4.78 is 0. The zero-order valence-electron chi connectivity index (χ0n) is 8.95. The molecule has 0 fully saturated rings. The molecule has 0 amide bonds. The van der Waals surface area contributed by atoms with Crippen LogP contribution in [0.15, 0.2) is 58.8 Å². The van der Waals surface area contributed by atoms with E-state index in [0.29, 0.717) is 12.0 Å². The minimum Gasteiger partial charge on any atom is -0.507 e. The number of hydrogen-bond donors (Lipinski definition) is 1. The maximum absolute atomic E-state index is 10.6. The summed E-state index contributed by atoms with van der Waals surface area (Å²) in [5.41, 5.74) is 1.46. The van der Waals surface area contributed by atoms with Crippen LogP contribution in [0.5, 0.6) is 5.75 Å². The third-order valence-electron chi connectivity index (χ3n) is 2.18. The molecule has 0 unspecified atom stereocenters. The van der Waals surface area contributed by atoms with Gasteiger partial charge in [-0.15, -0.1) is 0 Å². The summed E-state index contributed by atoms with van der Waals surface area (Å²) in [4.78, 5) is 10.6. The lowest BCUT2D eigenvalue weighted by Crippen LogP contribution is -1.79. The SMILES string of the molecule is O=Cc1cc(N=Nc2ccccc2)ccc1O. The Kier molecular flexibility index (Phi) is 3.25. The number of aromatic hydroxyl groups is 1. The molecule has 0 saturated heterocycles. The lowest BCUT2D eigenvalue weighted by atomic mass is 10.2. The molecule has 0 atom stereocenters. The molecule has 2 aromatic carbocycles. The quantitative estimate of drug-likeness (QED) is 0.641. The molecule has 4 heteroatoms. The first-order valence-corrected chi connectivity index (χ1v) is 5.04. The topological polar surface area (TPSA) is 62.0 Å². The van der Waals surface area contributed by atoms with Crippen LogP contribution < -0.4 is 0 Å². The number of carbonyl (C=O) groups excluding carboxylic acids is 1. The van der Waals surface area contributed by atoms with Crippen LogP contribution in [0, 0.1) is 0 Å². The number of carbonyl (C=O) groups is 1. The fourth-order valence-corrected chi connectivity index (χ4v) is 1.31. The van der Waals surface area contributed by atoms with Gasteiger partial charge in [0.05, 0.1) is 16.9 Å². The number of phenols is 1. The maximum Gasteiger partial charge on any atom is 0.153 e. The Morgan fingerprint density at radius 1 is 0.941 bits per heavy atom. The van der Waals surface area contributed by atoms with Crippen LogP contribution >= 0.6 is 0 Å². The maximum atomic E-state index is 10.6. The van der Waals surface area contributed by atoms with Crippen LogP contribution in [0.2, 0.25) is 0 Å². The fourth-order valence-electron chi connectivity index (χ4n) is 1.31. The highest BCUT2D eigenvalue weighted by Gasteiger charge is 2.00. The molecule has 17 heavy (non-hydrogen) atoms. The van der Waals surface area contributed by atoms with Gasteiger partial charge in [0.25, 0.3) is 0 Å². The molecule has 0 bridgehead atoms. The van der Waals surface area contributed by atoms with Gasteiger partial charge >= 0.3 is 0 Å². The molecule has 0 radical (unpaired) electrons. The molecular formula is C13H10N2O2. The van der Waals surface area contributed by atoms with E-state index in [1.807, 2.05) is 30.3 Å². The molecule has 0 aliphatic carbocycles. The average Bonchev–Trinajstić information content (AvgIpc) is 2.39. The predicted octanol–water partition coefficient (Wildman–Crippen LogP) is 3.62. The first-order valence-electron chi connectivity index (χ1n) is 5.04. The summed E-state index contributed by atoms with van der Waals surface area (Å²) in [5, 5.41) is 17.3. The van der Waals surface area contributed by atoms with Crippen molar-refractivity contribution in [2.24, 2.45) is 10.2 Å². The Labute approximate surface area is 98.3 Å². The summed E-state index contributed by atoms with van der Waals surface area (Å²) in [6.45, 7) is 0. The lowest BCUT2D eigenvalue weighted by Gasteiger charge is -1.97. The van der Waals surface area contributed by atoms with Crippen LogP contribution in [0.1, 0.15) is 10.4 Å². The molecule has 1 N–H and O–H groups in total. The zero-order chi connectivity index (χ0) is 12.1. The second kappa shape index (κ2) is 5.03. The molecule has 2 aromatic rings. The number of benzene rings is 2. The van der Waals surface area contributed by atoms with Gasteiger partial charge in [-0.1, -0.05) is 18.2 Å². The van der Waals surface area contributed by atoms with E-state index in [4.69, 9.17) is 0 Å².